The Morgan fingerprint density at radius 2 is 1.81 bits per heavy atom. The first kappa shape index (κ1) is 20.5. The van der Waals surface area contributed by atoms with Gasteiger partial charge in [0.15, 0.2) is 5.82 Å². The van der Waals surface area contributed by atoms with Crippen molar-refractivity contribution in [2.75, 3.05) is 5.75 Å². The van der Waals surface area contributed by atoms with Gasteiger partial charge in [-0.15, -0.1) is 5.10 Å². The number of aromatic nitrogens is 3. The zero-order valence-electron chi connectivity index (χ0n) is 16.6. The van der Waals surface area contributed by atoms with E-state index < -0.39 is 0 Å². The summed E-state index contributed by atoms with van der Waals surface area (Å²) in [4.78, 5) is 16.7. The highest BCUT2D eigenvalue weighted by molar-refractivity contribution is 7.99. The lowest BCUT2D eigenvalue weighted by Gasteiger charge is -2.33. The number of carbonyl (C=O) groups is 1. The van der Waals surface area contributed by atoms with Crippen molar-refractivity contribution in [2.45, 2.75) is 65.1 Å². The quantitative estimate of drug-likeness (QED) is 0.702. The van der Waals surface area contributed by atoms with E-state index in [0.717, 1.165) is 24.2 Å². The number of carbonyl (C=O) groups excluding carboxylic acids is 1. The van der Waals surface area contributed by atoms with Crippen molar-refractivity contribution >= 4 is 17.7 Å². The van der Waals surface area contributed by atoms with Crippen molar-refractivity contribution in [2.24, 2.45) is 5.41 Å². The van der Waals surface area contributed by atoms with Crippen LogP contribution in [0.5, 0.6) is 0 Å². The number of H-pyrrole nitrogens is 1. The molecule has 0 radical (unpaired) electrons. The van der Waals surface area contributed by atoms with E-state index in [0.29, 0.717) is 10.9 Å². The number of hydrogen-bond acceptors (Lipinski definition) is 4. The Balaban J connectivity index is 1.90. The van der Waals surface area contributed by atoms with Gasteiger partial charge in [-0.1, -0.05) is 63.7 Å². The third kappa shape index (κ3) is 6.48. The first-order chi connectivity index (χ1) is 12.1. The van der Waals surface area contributed by atoms with Crippen LogP contribution in [0, 0.1) is 5.41 Å². The van der Waals surface area contributed by atoms with Crippen LogP contribution in [0.4, 0.5) is 0 Å². The maximum absolute atomic E-state index is 12.3. The summed E-state index contributed by atoms with van der Waals surface area (Å²) in [6.45, 7) is 12.8. The van der Waals surface area contributed by atoms with E-state index in [9.17, 15) is 4.79 Å². The fourth-order valence-corrected chi connectivity index (χ4v) is 3.85. The van der Waals surface area contributed by atoms with E-state index >= 15 is 0 Å². The number of nitrogens with one attached hydrogen (secondary N) is 2. The van der Waals surface area contributed by atoms with Crippen molar-refractivity contribution in [3.63, 3.8) is 0 Å². The van der Waals surface area contributed by atoms with Gasteiger partial charge in [-0.25, -0.2) is 4.98 Å². The predicted molar refractivity (Wildman–Crippen MR) is 108 cm³/mol. The topological polar surface area (TPSA) is 70.7 Å². The molecule has 0 bridgehead atoms. The SMILES string of the molecule is CCc1ccc(-c2nc(SCC(=O)NC(C)(C)CC(C)(C)C)n[nH]2)cc1. The van der Waals surface area contributed by atoms with Crippen molar-refractivity contribution in [3.8, 4) is 11.4 Å². The van der Waals surface area contributed by atoms with E-state index in [2.05, 4.69) is 74.2 Å². The molecule has 2 rings (SSSR count). The van der Waals surface area contributed by atoms with Crippen LogP contribution in [-0.4, -0.2) is 32.4 Å². The van der Waals surface area contributed by atoms with Gasteiger partial charge in [0.1, 0.15) is 0 Å². The van der Waals surface area contributed by atoms with Crippen LogP contribution in [0.2, 0.25) is 0 Å². The number of rotatable bonds is 7. The first-order valence-electron chi connectivity index (χ1n) is 9.03. The molecule has 1 heterocycles. The van der Waals surface area contributed by atoms with Gasteiger partial charge < -0.3 is 5.32 Å². The molecule has 0 saturated carbocycles. The molecule has 26 heavy (non-hydrogen) atoms. The van der Waals surface area contributed by atoms with Crippen LogP contribution >= 0.6 is 11.8 Å². The van der Waals surface area contributed by atoms with Crippen LogP contribution in [0.1, 0.15) is 53.5 Å². The summed E-state index contributed by atoms with van der Waals surface area (Å²) in [6, 6.07) is 8.26. The van der Waals surface area contributed by atoms with Crippen molar-refractivity contribution in [1.29, 1.82) is 0 Å². The standard InChI is InChI=1S/C20H30N4OS/c1-7-14-8-10-15(11-9-14)17-21-18(24-23-17)26-12-16(25)22-20(5,6)13-19(2,3)4/h8-11H,7,12-13H2,1-6H3,(H,22,25)(H,21,23,24). The second-order valence-electron chi connectivity index (χ2n) is 8.48. The summed E-state index contributed by atoms with van der Waals surface area (Å²) in [6.07, 6.45) is 1.92. The van der Waals surface area contributed by atoms with E-state index in [-0.39, 0.29) is 16.9 Å². The van der Waals surface area contributed by atoms with Crippen LogP contribution in [-0.2, 0) is 11.2 Å². The third-order valence-corrected chi connectivity index (χ3v) is 4.73. The van der Waals surface area contributed by atoms with Crippen LogP contribution < -0.4 is 5.32 Å². The van der Waals surface area contributed by atoms with Crippen molar-refractivity contribution in [3.05, 3.63) is 29.8 Å². The largest absolute Gasteiger partial charge is 0.350 e. The molecule has 6 heteroatoms. The van der Waals surface area contributed by atoms with Gasteiger partial charge in [-0.3, -0.25) is 9.89 Å². The fourth-order valence-electron chi connectivity index (χ4n) is 3.25. The highest BCUT2D eigenvalue weighted by Crippen LogP contribution is 2.27. The molecule has 5 nitrogen and oxygen atoms in total. The summed E-state index contributed by atoms with van der Waals surface area (Å²) in [5.74, 6) is 1.03. The highest BCUT2D eigenvalue weighted by atomic mass is 32.2. The molecular formula is C20H30N4OS. The Labute approximate surface area is 160 Å². The third-order valence-electron chi connectivity index (χ3n) is 3.88. The molecule has 0 aliphatic carbocycles. The van der Waals surface area contributed by atoms with E-state index in [1.54, 1.807) is 0 Å². The maximum Gasteiger partial charge on any atom is 0.230 e. The molecular weight excluding hydrogens is 344 g/mol. The Hall–Kier alpha value is -1.82. The van der Waals surface area contributed by atoms with E-state index in [4.69, 9.17) is 0 Å². The minimum absolute atomic E-state index is 0.00268. The fraction of sp³-hybridized carbons (Fsp3) is 0.550. The lowest BCUT2D eigenvalue weighted by atomic mass is 9.82. The van der Waals surface area contributed by atoms with Gasteiger partial charge in [-0.2, -0.15) is 0 Å². The Kier molecular flexibility index (Phi) is 6.50. The number of nitrogens with zero attached hydrogens (tertiary/aromatic N) is 2. The maximum atomic E-state index is 12.3. The number of thioether (sulfide) groups is 1. The minimum Gasteiger partial charge on any atom is -0.350 e. The predicted octanol–water partition coefficient (Wildman–Crippen LogP) is 4.46. The lowest BCUT2D eigenvalue weighted by Crippen LogP contribution is -2.46. The van der Waals surface area contributed by atoms with Gasteiger partial charge in [0.05, 0.1) is 5.75 Å². The number of aryl methyl sites for hydroxylation is 1. The van der Waals surface area contributed by atoms with Crippen molar-refractivity contribution in [1.82, 2.24) is 20.5 Å². The van der Waals surface area contributed by atoms with Crippen LogP contribution in [0.25, 0.3) is 11.4 Å². The average Bonchev–Trinajstić information content (AvgIpc) is 2.99. The summed E-state index contributed by atoms with van der Waals surface area (Å²) in [7, 11) is 0. The van der Waals surface area contributed by atoms with Crippen LogP contribution in [0.3, 0.4) is 0 Å². The highest BCUT2D eigenvalue weighted by Gasteiger charge is 2.27. The first-order valence-corrected chi connectivity index (χ1v) is 10.0. The Morgan fingerprint density at radius 3 is 2.38 bits per heavy atom. The summed E-state index contributed by atoms with van der Waals surface area (Å²) < 4.78 is 0. The molecule has 0 spiro atoms. The molecule has 0 saturated heterocycles. The van der Waals surface area contributed by atoms with Crippen molar-refractivity contribution < 1.29 is 4.79 Å². The number of hydrogen-bond donors (Lipinski definition) is 2. The molecule has 1 aromatic heterocycles. The molecule has 2 aromatic rings. The second-order valence-corrected chi connectivity index (χ2v) is 9.42. The smallest absolute Gasteiger partial charge is 0.230 e. The number of benzene rings is 1. The molecule has 0 aliphatic rings. The number of amides is 1. The molecule has 0 fully saturated rings. The Bertz CT molecular complexity index is 729. The molecule has 0 aliphatic heterocycles. The lowest BCUT2D eigenvalue weighted by molar-refractivity contribution is -0.120. The summed E-state index contributed by atoms with van der Waals surface area (Å²) in [5, 5.41) is 10.9. The molecule has 2 N–H and O–H groups in total. The van der Waals surface area contributed by atoms with Gasteiger partial charge in [0.2, 0.25) is 11.1 Å². The van der Waals surface area contributed by atoms with E-state index in [1.165, 1.54) is 17.3 Å². The molecule has 0 atom stereocenters. The molecule has 1 aromatic carbocycles. The number of aromatic amines is 1. The second kappa shape index (κ2) is 8.25. The van der Waals surface area contributed by atoms with Gasteiger partial charge in [-0.05, 0) is 37.7 Å². The average molecular weight is 375 g/mol. The normalized spacial score (nSPS) is 12.2. The summed E-state index contributed by atoms with van der Waals surface area (Å²) in [5.41, 5.74) is 2.21. The molecule has 0 unspecified atom stereocenters. The molecule has 1 amide bonds. The minimum atomic E-state index is -0.235. The zero-order chi connectivity index (χ0) is 19.4. The van der Waals surface area contributed by atoms with Gasteiger partial charge >= 0.3 is 0 Å². The van der Waals surface area contributed by atoms with E-state index in [1.807, 2.05) is 12.1 Å². The van der Waals surface area contributed by atoms with Gasteiger partial charge in [0, 0.05) is 11.1 Å². The monoisotopic (exact) mass is 374 g/mol. The summed E-state index contributed by atoms with van der Waals surface area (Å²) >= 11 is 1.34. The van der Waals surface area contributed by atoms with Gasteiger partial charge in [0.25, 0.3) is 0 Å². The zero-order valence-corrected chi connectivity index (χ0v) is 17.5. The molecule has 142 valence electrons. The Morgan fingerprint density at radius 1 is 1.15 bits per heavy atom. The van der Waals surface area contributed by atoms with Crippen LogP contribution in [0.15, 0.2) is 29.4 Å².